The maximum atomic E-state index is 5.99. The standard InChI is InChI=1S/C15H16Cl2N2O/c1-10-3-6-15(14(19-10)8-18-2)20-9-11-4-5-12(16)13(17)7-11/h3-7,18H,8-9H2,1-2H3. The number of aryl methyl sites for hydroxylation is 1. The summed E-state index contributed by atoms with van der Waals surface area (Å²) in [4.78, 5) is 4.47. The van der Waals surface area contributed by atoms with Crippen molar-refractivity contribution in [3.63, 3.8) is 0 Å². The summed E-state index contributed by atoms with van der Waals surface area (Å²) in [5.74, 6) is 0.774. The molecule has 3 nitrogen and oxygen atoms in total. The molecule has 5 heteroatoms. The van der Waals surface area contributed by atoms with E-state index in [1.54, 1.807) is 6.07 Å². The average molecular weight is 311 g/mol. The molecule has 1 aromatic carbocycles. The van der Waals surface area contributed by atoms with Crippen LogP contribution in [0.25, 0.3) is 0 Å². The van der Waals surface area contributed by atoms with Crippen molar-refractivity contribution in [3.8, 4) is 5.75 Å². The predicted octanol–water partition coefficient (Wildman–Crippen LogP) is 4.00. The van der Waals surface area contributed by atoms with Gasteiger partial charge in [0.1, 0.15) is 12.4 Å². The largest absolute Gasteiger partial charge is 0.487 e. The van der Waals surface area contributed by atoms with Crippen molar-refractivity contribution >= 4 is 23.2 Å². The van der Waals surface area contributed by atoms with Gasteiger partial charge in [0.2, 0.25) is 0 Å². The molecule has 1 aromatic heterocycles. The predicted molar refractivity (Wildman–Crippen MR) is 82.5 cm³/mol. The molecule has 20 heavy (non-hydrogen) atoms. The number of hydrogen-bond donors (Lipinski definition) is 1. The van der Waals surface area contributed by atoms with Crippen molar-refractivity contribution in [1.29, 1.82) is 0 Å². The molecule has 1 N–H and O–H groups in total. The first-order chi connectivity index (χ1) is 9.60. The molecule has 0 saturated carbocycles. The first-order valence-corrected chi connectivity index (χ1v) is 7.03. The lowest BCUT2D eigenvalue weighted by Gasteiger charge is -2.11. The first kappa shape index (κ1) is 15.1. The lowest BCUT2D eigenvalue weighted by Crippen LogP contribution is -2.10. The van der Waals surface area contributed by atoms with Crippen molar-refractivity contribution in [1.82, 2.24) is 10.3 Å². The molecule has 106 valence electrons. The Morgan fingerprint density at radius 2 is 1.95 bits per heavy atom. The van der Waals surface area contributed by atoms with Gasteiger partial charge in [0.15, 0.2) is 0 Å². The van der Waals surface area contributed by atoms with E-state index in [-0.39, 0.29) is 0 Å². The van der Waals surface area contributed by atoms with Crippen LogP contribution in [0.1, 0.15) is 17.0 Å². The van der Waals surface area contributed by atoms with Crippen LogP contribution in [0.2, 0.25) is 10.0 Å². The Labute approximate surface area is 128 Å². The molecule has 0 amide bonds. The zero-order chi connectivity index (χ0) is 14.5. The summed E-state index contributed by atoms with van der Waals surface area (Å²) in [6.07, 6.45) is 0. The number of halogens is 2. The number of nitrogens with zero attached hydrogens (tertiary/aromatic N) is 1. The Bertz CT molecular complexity index is 602. The van der Waals surface area contributed by atoms with Crippen LogP contribution in [0.4, 0.5) is 0 Å². The van der Waals surface area contributed by atoms with E-state index in [0.717, 1.165) is 22.7 Å². The van der Waals surface area contributed by atoms with Crippen LogP contribution in [-0.2, 0) is 13.2 Å². The summed E-state index contributed by atoms with van der Waals surface area (Å²) in [5.41, 5.74) is 2.83. The van der Waals surface area contributed by atoms with Crippen LogP contribution in [0.3, 0.4) is 0 Å². The van der Waals surface area contributed by atoms with Crippen molar-refractivity contribution in [2.45, 2.75) is 20.1 Å². The molecule has 0 fully saturated rings. The quantitative estimate of drug-likeness (QED) is 0.906. The molecule has 0 bridgehead atoms. The minimum atomic E-state index is 0.429. The summed E-state index contributed by atoms with van der Waals surface area (Å²) < 4.78 is 5.82. The number of hydrogen-bond acceptors (Lipinski definition) is 3. The fourth-order valence-electron chi connectivity index (χ4n) is 1.81. The van der Waals surface area contributed by atoms with E-state index in [9.17, 15) is 0 Å². The Morgan fingerprint density at radius 1 is 1.15 bits per heavy atom. The third kappa shape index (κ3) is 3.85. The number of rotatable bonds is 5. The molecular formula is C15H16Cl2N2O. The lowest BCUT2D eigenvalue weighted by atomic mass is 10.2. The van der Waals surface area contributed by atoms with Crippen LogP contribution < -0.4 is 10.1 Å². The smallest absolute Gasteiger partial charge is 0.142 e. The monoisotopic (exact) mass is 310 g/mol. The summed E-state index contributed by atoms with van der Waals surface area (Å²) in [7, 11) is 1.88. The van der Waals surface area contributed by atoms with E-state index in [1.807, 2.05) is 38.2 Å². The Hall–Kier alpha value is -1.29. The van der Waals surface area contributed by atoms with Gasteiger partial charge in [-0.3, -0.25) is 4.98 Å². The highest BCUT2D eigenvalue weighted by Crippen LogP contribution is 2.24. The van der Waals surface area contributed by atoms with Crippen LogP contribution >= 0.6 is 23.2 Å². The van der Waals surface area contributed by atoms with Gasteiger partial charge in [-0.2, -0.15) is 0 Å². The molecule has 2 rings (SSSR count). The number of aromatic nitrogens is 1. The maximum Gasteiger partial charge on any atom is 0.142 e. The van der Waals surface area contributed by atoms with Gasteiger partial charge in [-0.1, -0.05) is 29.3 Å². The summed E-state index contributed by atoms with van der Waals surface area (Å²) in [5, 5.41) is 4.16. The SMILES string of the molecule is CNCc1nc(C)ccc1OCc1ccc(Cl)c(Cl)c1. The third-order valence-electron chi connectivity index (χ3n) is 2.79. The van der Waals surface area contributed by atoms with E-state index in [4.69, 9.17) is 27.9 Å². The fraction of sp³-hybridized carbons (Fsp3) is 0.267. The molecule has 1 heterocycles. The van der Waals surface area contributed by atoms with Crippen LogP contribution in [0.15, 0.2) is 30.3 Å². The topological polar surface area (TPSA) is 34.2 Å². The highest BCUT2D eigenvalue weighted by Gasteiger charge is 2.06. The molecule has 0 spiro atoms. The zero-order valence-electron chi connectivity index (χ0n) is 11.4. The second-order valence-electron chi connectivity index (χ2n) is 4.46. The average Bonchev–Trinajstić information content (AvgIpc) is 2.42. The normalized spacial score (nSPS) is 10.6. The van der Waals surface area contributed by atoms with E-state index in [2.05, 4.69) is 10.3 Å². The number of ether oxygens (including phenoxy) is 1. The Morgan fingerprint density at radius 3 is 2.65 bits per heavy atom. The van der Waals surface area contributed by atoms with Gasteiger partial charge in [0.05, 0.1) is 15.7 Å². The number of nitrogens with one attached hydrogen (secondary N) is 1. The van der Waals surface area contributed by atoms with Crippen molar-refractivity contribution in [3.05, 3.63) is 57.3 Å². The fourth-order valence-corrected chi connectivity index (χ4v) is 2.13. The molecule has 0 radical (unpaired) electrons. The molecule has 2 aromatic rings. The van der Waals surface area contributed by atoms with Gasteiger partial charge in [0, 0.05) is 12.2 Å². The molecule has 0 aliphatic carbocycles. The van der Waals surface area contributed by atoms with Crippen molar-refractivity contribution < 1.29 is 4.74 Å². The minimum absolute atomic E-state index is 0.429. The highest BCUT2D eigenvalue weighted by molar-refractivity contribution is 6.42. The molecule has 0 atom stereocenters. The maximum absolute atomic E-state index is 5.99. The molecule has 0 saturated heterocycles. The number of pyridine rings is 1. The van der Waals surface area contributed by atoms with Gasteiger partial charge in [-0.15, -0.1) is 0 Å². The molecule has 0 unspecified atom stereocenters. The summed E-state index contributed by atoms with van der Waals surface area (Å²) in [6, 6.07) is 9.34. The Kier molecular flexibility index (Phi) is 5.24. The molecular weight excluding hydrogens is 295 g/mol. The van der Waals surface area contributed by atoms with E-state index < -0.39 is 0 Å². The van der Waals surface area contributed by atoms with E-state index in [0.29, 0.717) is 23.2 Å². The van der Waals surface area contributed by atoms with Gasteiger partial charge < -0.3 is 10.1 Å². The molecule has 0 aliphatic rings. The summed E-state index contributed by atoms with van der Waals surface area (Å²) in [6.45, 7) is 3.05. The van der Waals surface area contributed by atoms with E-state index in [1.165, 1.54) is 0 Å². The third-order valence-corrected chi connectivity index (χ3v) is 3.53. The van der Waals surface area contributed by atoms with E-state index >= 15 is 0 Å². The second-order valence-corrected chi connectivity index (χ2v) is 5.28. The van der Waals surface area contributed by atoms with Crippen molar-refractivity contribution in [2.75, 3.05) is 7.05 Å². The van der Waals surface area contributed by atoms with Crippen LogP contribution in [0.5, 0.6) is 5.75 Å². The van der Waals surface area contributed by atoms with Gasteiger partial charge in [-0.05, 0) is 43.8 Å². The lowest BCUT2D eigenvalue weighted by molar-refractivity contribution is 0.300. The second kappa shape index (κ2) is 6.93. The zero-order valence-corrected chi connectivity index (χ0v) is 12.9. The molecule has 0 aliphatic heterocycles. The van der Waals surface area contributed by atoms with Crippen LogP contribution in [0, 0.1) is 6.92 Å². The highest BCUT2D eigenvalue weighted by atomic mass is 35.5. The van der Waals surface area contributed by atoms with Crippen molar-refractivity contribution in [2.24, 2.45) is 0 Å². The minimum Gasteiger partial charge on any atom is -0.487 e. The van der Waals surface area contributed by atoms with Gasteiger partial charge in [-0.25, -0.2) is 0 Å². The first-order valence-electron chi connectivity index (χ1n) is 6.28. The Balaban J connectivity index is 2.11. The van der Waals surface area contributed by atoms with Crippen LogP contribution in [-0.4, -0.2) is 12.0 Å². The van der Waals surface area contributed by atoms with Gasteiger partial charge >= 0.3 is 0 Å². The number of benzene rings is 1. The van der Waals surface area contributed by atoms with Gasteiger partial charge in [0.25, 0.3) is 0 Å². The summed E-state index contributed by atoms with van der Waals surface area (Å²) >= 11 is 11.9.